The lowest BCUT2D eigenvalue weighted by Gasteiger charge is -2.41. The van der Waals surface area contributed by atoms with Crippen LogP contribution in [0.15, 0.2) is 48.5 Å². The highest BCUT2D eigenvalue weighted by Gasteiger charge is 2.48. The number of nitrogens with two attached hydrogens (primary N) is 1. The molecule has 52 heavy (non-hydrogen) atoms. The number of carbonyl (C=O) groups excluding carboxylic acids is 1. The molecule has 17 heteroatoms. The molecule has 0 radical (unpaired) electrons. The molecule has 3 aromatic carbocycles. The van der Waals surface area contributed by atoms with Crippen molar-refractivity contribution in [2.24, 2.45) is 5.73 Å². The van der Waals surface area contributed by atoms with Crippen molar-refractivity contribution in [3.63, 3.8) is 0 Å². The van der Waals surface area contributed by atoms with E-state index in [-0.39, 0.29) is 50.2 Å². The minimum Gasteiger partial charge on any atom is -0.508 e. The zero-order chi connectivity index (χ0) is 36.5. The maximum atomic E-state index is 11.8. The van der Waals surface area contributed by atoms with E-state index in [9.17, 15) is 30.0 Å². The van der Waals surface area contributed by atoms with Crippen LogP contribution in [0.3, 0.4) is 0 Å². The van der Waals surface area contributed by atoms with Gasteiger partial charge in [0.15, 0.2) is 29.6 Å². The van der Waals surface area contributed by atoms with Crippen LogP contribution in [0.4, 0.5) is 0 Å². The van der Waals surface area contributed by atoms with Gasteiger partial charge in [-0.15, -0.1) is 0 Å². The highest BCUT2D eigenvalue weighted by molar-refractivity contribution is 5.90. The molecule has 0 spiro atoms. The summed E-state index contributed by atoms with van der Waals surface area (Å²) in [6.45, 7) is -0.581. The number of carbonyl (C=O) groups is 2. The summed E-state index contributed by atoms with van der Waals surface area (Å²) in [7, 11) is 0. The number of carboxylic acids is 1. The lowest BCUT2D eigenvalue weighted by molar-refractivity contribution is -0.372. The van der Waals surface area contributed by atoms with Gasteiger partial charge in [-0.3, -0.25) is 9.59 Å². The van der Waals surface area contributed by atoms with Crippen LogP contribution in [0.5, 0.6) is 34.5 Å². The number of hydrogen-bond acceptors (Lipinski definition) is 16. The van der Waals surface area contributed by atoms with Gasteiger partial charge in [0.05, 0.1) is 19.1 Å². The Morgan fingerprint density at radius 3 is 2.50 bits per heavy atom. The standard InChI is InChI=1S/C35H37NO16/c36-4-5-44-35-34(32(43)31(42)27(50-35)15-46-29(41)12-28(39)40)52-51-22-10-20-23(8-17(22)6-16-2-1-3-18(38)7-16)45-14-21-19-9-25-26(48-30(13-37)47-25)11-24(19)49-33(20)21/h1-3,7-11,21,27,30-35,37-38,42-43H,4-6,12-15,36H2,(H,39,40)/t21-,27-,30-,31-,32+,33-,34-,35-/m1/s1. The molecular weight excluding hydrogens is 690 g/mol. The highest BCUT2D eigenvalue weighted by atomic mass is 17.2. The third-order valence-electron chi connectivity index (χ3n) is 8.98. The number of hydrogen-bond donors (Lipinski definition) is 6. The lowest BCUT2D eigenvalue weighted by Crippen LogP contribution is -2.60. The first-order valence-corrected chi connectivity index (χ1v) is 16.5. The van der Waals surface area contributed by atoms with Crippen molar-refractivity contribution < 1.29 is 78.1 Å². The van der Waals surface area contributed by atoms with Crippen LogP contribution in [0.25, 0.3) is 0 Å². The van der Waals surface area contributed by atoms with Crippen molar-refractivity contribution in [3.05, 3.63) is 70.8 Å². The number of aromatic hydroxyl groups is 1. The number of aliphatic hydroxyl groups is 3. The van der Waals surface area contributed by atoms with Gasteiger partial charge in [-0.2, -0.15) is 4.89 Å². The summed E-state index contributed by atoms with van der Waals surface area (Å²) in [5.74, 6) is -0.432. The van der Waals surface area contributed by atoms with Crippen LogP contribution < -0.4 is 29.6 Å². The smallest absolute Gasteiger partial charge is 0.317 e. The average Bonchev–Trinajstić information content (AvgIpc) is 3.70. The first kappa shape index (κ1) is 35.5. The van der Waals surface area contributed by atoms with Crippen LogP contribution in [-0.4, -0.2) is 107 Å². The number of aliphatic carboxylic acids is 1. The summed E-state index contributed by atoms with van der Waals surface area (Å²) in [6, 6.07) is 13.6. The van der Waals surface area contributed by atoms with Gasteiger partial charge in [0.2, 0.25) is 0 Å². The number of esters is 1. The molecule has 278 valence electrons. The second-order valence-corrected chi connectivity index (χ2v) is 12.6. The summed E-state index contributed by atoms with van der Waals surface area (Å²) >= 11 is 0. The van der Waals surface area contributed by atoms with E-state index in [1.54, 1.807) is 36.4 Å². The van der Waals surface area contributed by atoms with Crippen LogP contribution in [0.2, 0.25) is 0 Å². The molecule has 4 aliphatic heterocycles. The molecule has 0 saturated carbocycles. The van der Waals surface area contributed by atoms with Gasteiger partial charge in [0.25, 0.3) is 6.29 Å². The molecule has 4 heterocycles. The van der Waals surface area contributed by atoms with Crippen LogP contribution in [0.1, 0.15) is 40.7 Å². The Labute approximate surface area is 295 Å². The monoisotopic (exact) mass is 727 g/mol. The maximum absolute atomic E-state index is 11.8. The molecule has 0 aliphatic carbocycles. The van der Waals surface area contributed by atoms with Crippen molar-refractivity contribution >= 4 is 11.9 Å². The Bertz CT molecular complexity index is 1800. The van der Waals surface area contributed by atoms with Crippen molar-refractivity contribution in [2.75, 3.05) is 33.0 Å². The van der Waals surface area contributed by atoms with Gasteiger partial charge in [0.1, 0.15) is 61.3 Å². The minimum atomic E-state index is -1.69. The molecule has 1 fully saturated rings. The average molecular weight is 728 g/mol. The number of rotatable bonds is 13. The molecule has 17 nitrogen and oxygen atoms in total. The quantitative estimate of drug-likeness (QED) is 0.0617. The molecule has 0 bridgehead atoms. The Kier molecular flexibility index (Phi) is 10.2. The van der Waals surface area contributed by atoms with Crippen LogP contribution in [-0.2, 0) is 35.1 Å². The number of ether oxygens (including phenoxy) is 7. The molecule has 8 atom stereocenters. The molecule has 0 unspecified atom stereocenters. The molecule has 0 aromatic heterocycles. The summed E-state index contributed by atoms with van der Waals surface area (Å²) in [4.78, 5) is 34.3. The normalized spacial score (nSPS) is 26.7. The third-order valence-corrected chi connectivity index (χ3v) is 8.98. The third kappa shape index (κ3) is 7.24. The van der Waals surface area contributed by atoms with E-state index in [0.717, 1.165) is 11.1 Å². The van der Waals surface area contributed by atoms with Crippen molar-refractivity contribution in [1.82, 2.24) is 0 Å². The predicted octanol–water partition coefficient (Wildman–Crippen LogP) is 0.801. The second-order valence-electron chi connectivity index (χ2n) is 12.6. The molecular formula is C35H37NO16. The number of carboxylic acid groups (broad SMARTS) is 1. The summed E-state index contributed by atoms with van der Waals surface area (Å²) in [5.41, 5.74) is 8.39. The molecule has 0 amide bonds. The molecule has 3 aromatic rings. The Balaban J connectivity index is 1.15. The first-order valence-electron chi connectivity index (χ1n) is 16.5. The van der Waals surface area contributed by atoms with E-state index in [0.29, 0.717) is 34.1 Å². The van der Waals surface area contributed by atoms with E-state index >= 15 is 0 Å². The summed E-state index contributed by atoms with van der Waals surface area (Å²) in [5, 5.41) is 50.4. The lowest BCUT2D eigenvalue weighted by atomic mass is 9.88. The number of phenolic OH excluding ortho intramolecular Hbond substituents is 1. The van der Waals surface area contributed by atoms with Crippen LogP contribution in [0, 0.1) is 0 Å². The number of phenols is 1. The van der Waals surface area contributed by atoms with E-state index < -0.39 is 68.1 Å². The van der Waals surface area contributed by atoms with E-state index in [4.69, 9.17) is 53.8 Å². The van der Waals surface area contributed by atoms with Gasteiger partial charge in [-0.1, -0.05) is 12.1 Å². The SMILES string of the molecule is NCCO[C@@H]1O[C@H](COC(=O)CC(=O)O)[C@@H](O)[C@H](O)[C@H]1OOc1cc2c(cc1Cc1cccc(O)c1)OC[C@@H]1c3cc4c(cc3O[C@H]21)O[C@H](CO)O4. The summed E-state index contributed by atoms with van der Waals surface area (Å²) in [6.07, 6.45) is -9.43. The van der Waals surface area contributed by atoms with E-state index in [1.165, 1.54) is 0 Å². The second kappa shape index (κ2) is 15.0. The Morgan fingerprint density at radius 2 is 1.75 bits per heavy atom. The fourth-order valence-corrected chi connectivity index (χ4v) is 6.52. The minimum absolute atomic E-state index is 0.0427. The fraction of sp³-hybridized carbons (Fsp3) is 0.429. The van der Waals surface area contributed by atoms with Gasteiger partial charge in [-0.25, -0.2) is 0 Å². The maximum Gasteiger partial charge on any atom is 0.317 e. The van der Waals surface area contributed by atoms with E-state index in [2.05, 4.69) is 0 Å². The molecule has 4 aliphatic rings. The zero-order valence-electron chi connectivity index (χ0n) is 27.5. The largest absolute Gasteiger partial charge is 0.508 e. The molecule has 1 saturated heterocycles. The van der Waals surface area contributed by atoms with Gasteiger partial charge in [-0.05, 0) is 35.9 Å². The van der Waals surface area contributed by atoms with Crippen LogP contribution >= 0.6 is 0 Å². The number of benzene rings is 3. The summed E-state index contributed by atoms with van der Waals surface area (Å²) < 4.78 is 40.3. The Morgan fingerprint density at radius 1 is 0.942 bits per heavy atom. The van der Waals surface area contributed by atoms with Gasteiger partial charge < -0.3 is 69.3 Å². The molecule has 7 rings (SSSR count). The number of fused-ring (bicyclic) bond motifs is 6. The topological polar surface area (TPSA) is 244 Å². The molecule has 7 N–H and O–H groups in total. The zero-order valence-corrected chi connectivity index (χ0v) is 27.5. The predicted molar refractivity (Wildman–Crippen MR) is 172 cm³/mol. The highest BCUT2D eigenvalue weighted by Crippen LogP contribution is 2.55. The van der Waals surface area contributed by atoms with Gasteiger partial charge in [0, 0.05) is 35.7 Å². The fourth-order valence-electron chi connectivity index (χ4n) is 6.52. The van der Waals surface area contributed by atoms with E-state index in [1.807, 2.05) is 12.1 Å². The number of aliphatic hydroxyl groups excluding tert-OH is 3. The van der Waals surface area contributed by atoms with Gasteiger partial charge >= 0.3 is 11.9 Å². The van der Waals surface area contributed by atoms with Crippen molar-refractivity contribution in [1.29, 1.82) is 0 Å². The Hall–Kier alpha value is -4.88. The van der Waals surface area contributed by atoms with Crippen molar-refractivity contribution in [3.8, 4) is 34.5 Å². The van der Waals surface area contributed by atoms with Crippen molar-refractivity contribution in [2.45, 2.75) is 61.9 Å². The first-order chi connectivity index (χ1) is 25.1.